The van der Waals surface area contributed by atoms with Crippen molar-refractivity contribution in [2.45, 2.75) is 75.8 Å². The predicted molar refractivity (Wildman–Crippen MR) is 145 cm³/mol. The number of carbonyl (C=O) groups is 1. The zero-order valence-electron chi connectivity index (χ0n) is 22.6. The van der Waals surface area contributed by atoms with Crippen molar-refractivity contribution in [3.05, 3.63) is 53.5 Å². The minimum atomic E-state index is -0.0388. The van der Waals surface area contributed by atoms with Crippen molar-refractivity contribution in [1.29, 1.82) is 0 Å². The van der Waals surface area contributed by atoms with Gasteiger partial charge in [0.15, 0.2) is 0 Å². The number of ether oxygens (including phenoxy) is 3. The molecule has 3 fully saturated rings. The number of hydrogen-bond acceptors (Lipinski definition) is 8. The van der Waals surface area contributed by atoms with E-state index in [0.29, 0.717) is 49.8 Å². The summed E-state index contributed by atoms with van der Waals surface area (Å²) >= 11 is 0. The van der Waals surface area contributed by atoms with Crippen molar-refractivity contribution in [3.63, 3.8) is 0 Å². The van der Waals surface area contributed by atoms with Gasteiger partial charge < -0.3 is 29.7 Å². The highest BCUT2D eigenvalue weighted by atomic mass is 16.5. The number of likely N-dealkylation sites (tertiary alicyclic amines) is 1. The fraction of sp³-hybridized carbons (Fsp3) is 0.621. The normalized spacial score (nSPS) is 26.7. The zero-order chi connectivity index (χ0) is 26.3. The molecule has 0 spiro atoms. The van der Waals surface area contributed by atoms with Crippen molar-refractivity contribution in [3.8, 4) is 0 Å². The van der Waals surface area contributed by atoms with Crippen LogP contribution in [-0.2, 0) is 14.2 Å². The van der Waals surface area contributed by atoms with Gasteiger partial charge in [-0.3, -0.25) is 4.79 Å². The lowest BCUT2D eigenvalue weighted by Gasteiger charge is -2.38. The van der Waals surface area contributed by atoms with Gasteiger partial charge >= 0.3 is 0 Å². The van der Waals surface area contributed by atoms with Crippen LogP contribution in [0.1, 0.15) is 66.2 Å². The summed E-state index contributed by atoms with van der Waals surface area (Å²) in [5.74, 6) is 0.620. The maximum absolute atomic E-state index is 13.2. The summed E-state index contributed by atoms with van der Waals surface area (Å²) in [5, 5.41) is 7.12. The zero-order valence-corrected chi connectivity index (χ0v) is 22.6. The molecule has 2 aromatic rings. The average Bonchev–Trinajstić information content (AvgIpc) is 2.97. The van der Waals surface area contributed by atoms with E-state index in [4.69, 9.17) is 14.2 Å². The van der Waals surface area contributed by atoms with Crippen LogP contribution in [0, 0.1) is 6.92 Å². The van der Waals surface area contributed by atoms with Gasteiger partial charge in [-0.1, -0.05) is 29.8 Å². The molecule has 5 rings (SSSR count). The lowest BCUT2D eigenvalue weighted by molar-refractivity contribution is -0.0533. The van der Waals surface area contributed by atoms with E-state index in [9.17, 15) is 4.79 Å². The van der Waals surface area contributed by atoms with Crippen LogP contribution in [0.25, 0.3) is 0 Å². The van der Waals surface area contributed by atoms with E-state index < -0.39 is 0 Å². The van der Waals surface area contributed by atoms with Crippen molar-refractivity contribution in [2.24, 2.45) is 0 Å². The Balaban J connectivity index is 1.10. The number of nitrogens with one attached hydrogen (secondary N) is 2. The van der Waals surface area contributed by atoms with Crippen LogP contribution in [-0.4, -0.2) is 85.0 Å². The molecule has 4 atom stereocenters. The molecule has 3 saturated heterocycles. The SMILES string of the molecule is CO[C@H]1COCC[C@H]1NC1CCN(C(=O)c2cc(NCC3CCC[C@@H](c4ccc(C)cc4)O3)ncn2)CC1. The van der Waals surface area contributed by atoms with Crippen LogP contribution in [0.2, 0.25) is 0 Å². The van der Waals surface area contributed by atoms with E-state index in [1.54, 1.807) is 13.2 Å². The first-order chi connectivity index (χ1) is 18.6. The number of amides is 1. The van der Waals surface area contributed by atoms with Gasteiger partial charge in [-0.2, -0.15) is 0 Å². The average molecular weight is 524 g/mol. The number of anilines is 1. The molecule has 3 aliphatic heterocycles. The Morgan fingerprint density at radius 2 is 1.92 bits per heavy atom. The first kappa shape index (κ1) is 27.0. The molecular weight excluding hydrogens is 482 g/mol. The molecule has 4 heterocycles. The molecule has 1 amide bonds. The Morgan fingerprint density at radius 1 is 1.11 bits per heavy atom. The van der Waals surface area contributed by atoms with Gasteiger partial charge in [-0.25, -0.2) is 9.97 Å². The third-order valence-electron chi connectivity index (χ3n) is 8.03. The van der Waals surface area contributed by atoms with Gasteiger partial charge in [-0.05, 0) is 51.0 Å². The summed E-state index contributed by atoms with van der Waals surface area (Å²) < 4.78 is 17.5. The second-order valence-corrected chi connectivity index (χ2v) is 10.7. The summed E-state index contributed by atoms with van der Waals surface area (Å²) in [5.41, 5.74) is 2.92. The molecule has 1 aromatic heterocycles. The Morgan fingerprint density at radius 3 is 2.71 bits per heavy atom. The van der Waals surface area contributed by atoms with Crippen molar-refractivity contribution in [1.82, 2.24) is 20.2 Å². The monoisotopic (exact) mass is 523 g/mol. The second-order valence-electron chi connectivity index (χ2n) is 10.7. The van der Waals surface area contributed by atoms with Crippen molar-refractivity contribution < 1.29 is 19.0 Å². The topological polar surface area (TPSA) is 97.8 Å². The number of piperidine rings is 1. The maximum Gasteiger partial charge on any atom is 0.272 e. The van der Waals surface area contributed by atoms with Crippen molar-refractivity contribution in [2.75, 3.05) is 45.3 Å². The van der Waals surface area contributed by atoms with Crippen LogP contribution < -0.4 is 10.6 Å². The van der Waals surface area contributed by atoms with E-state index in [1.165, 1.54) is 17.5 Å². The second kappa shape index (κ2) is 13.0. The Bertz CT molecular complexity index is 1040. The smallest absolute Gasteiger partial charge is 0.272 e. The number of aryl methyl sites for hydroxylation is 1. The summed E-state index contributed by atoms with van der Waals surface area (Å²) in [6.07, 6.45) is 7.74. The molecule has 206 valence electrons. The summed E-state index contributed by atoms with van der Waals surface area (Å²) in [6.45, 7) is 5.57. The third-order valence-corrected chi connectivity index (χ3v) is 8.03. The molecule has 2 N–H and O–H groups in total. The third kappa shape index (κ3) is 6.88. The van der Waals surface area contributed by atoms with Crippen LogP contribution in [0.3, 0.4) is 0 Å². The first-order valence-corrected chi connectivity index (χ1v) is 14.0. The number of nitrogens with zero attached hydrogens (tertiary/aromatic N) is 3. The van der Waals surface area contributed by atoms with Gasteiger partial charge in [-0.15, -0.1) is 0 Å². The number of aromatic nitrogens is 2. The van der Waals surface area contributed by atoms with Crippen LogP contribution in [0.15, 0.2) is 36.7 Å². The number of rotatable bonds is 8. The van der Waals surface area contributed by atoms with E-state index in [-0.39, 0.29) is 24.2 Å². The quantitative estimate of drug-likeness (QED) is 0.543. The lowest BCUT2D eigenvalue weighted by Crippen LogP contribution is -2.54. The van der Waals surface area contributed by atoms with E-state index in [1.807, 2.05) is 4.90 Å². The van der Waals surface area contributed by atoms with Gasteiger partial charge in [0.25, 0.3) is 5.91 Å². The fourth-order valence-corrected chi connectivity index (χ4v) is 5.71. The molecule has 0 bridgehead atoms. The standard InChI is InChI=1S/C29H41N5O4/c1-20-6-8-21(9-7-20)26-5-3-4-23(38-26)17-30-28-16-25(31-19-32-28)29(35)34-13-10-22(11-14-34)33-24-12-15-37-18-27(24)36-2/h6-9,16,19,22-24,26-27,33H,3-5,10-15,17-18H2,1-2H3,(H,30,31,32)/t23?,24-,26+,27+/m1/s1. The van der Waals surface area contributed by atoms with Gasteiger partial charge in [0.2, 0.25) is 0 Å². The molecule has 0 aliphatic carbocycles. The highest BCUT2D eigenvalue weighted by Crippen LogP contribution is 2.31. The molecule has 38 heavy (non-hydrogen) atoms. The molecule has 3 aliphatic rings. The number of methoxy groups -OCH3 is 1. The van der Waals surface area contributed by atoms with E-state index in [2.05, 4.69) is 51.8 Å². The molecule has 0 radical (unpaired) electrons. The van der Waals surface area contributed by atoms with Gasteiger partial charge in [0, 0.05) is 51.5 Å². The number of benzene rings is 1. The van der Waals surface area contributed by atoms with Crippen molar-refractivity contribution >= 4 is 11.7 Å². The molecule has 9 nitrogen and oxygen atoms in total. The first-order valence-electron chi connectivity index (χ1n) is 14.0. The summed E-state index contributed by atoms with van der Waals surface area (Å²) in [6, 6.07) is 11.1. The van der Waals surface area contributed by atoms with Crippen LogP contribution in [0.4, 0.5) is 5.82 Å². The van der Waals surface area contributed by atoms with E-state index in [0.717, 1.165) is 45.1 Å². The molecule has 1 unspecified atom stereocenters. The van der Waals surface area contributed by atoms with Crippen LogP contribution >= 0.6 is 0 Å². The Labute approximate surface area is 225 Å². The number of hydrogen-bond donors (Lipinski definition) is 2. The molecule has 1 aromatic carbocycles. The molecular formula is C29H41N5O4. The number of carbonyl (C=O) groups excluding carboxylic acids is 1. The van der Waals surface area contributed by atoms with Crippen LogP contribution in [0.5, 0.6) is 0 Å². The fourth-order valence-electron chi connectivity index (χ4n) is 5.71. The minimum Gasteiger partial charge on any atom is -0.379 e. The largest absolute Gasteiger partial charge is 0.379 e. The van der Waals surface area contributed by atoms with Gasteiger partial charge in [0.05, 0.1) is 24.9 Å². The molecule has 0 saturated carbocycles. The minimum absolute atomic E-state index is 0.0388. The van der Waals surface area contributed by atoms with Gasteiger partial charge in [0.1, 0.15) is 17.8 Å². The molecule has 9 heteroatoms. The highest BCUT2D eigenvalue weighted by molar-refractivity contribution is 5.93. The maximum atomic E-state index is 13.2. The lowest BCUT2D eigenvalue weighted by atomic mass is 9.97. The highest BCUT2D eigenvalue weighted by Gasteiger charge is 2.31. The predicted octanol–water partition coefficient (Wildman–Crippen LogP) is 3.51. The Kier molecular flexibility index (Phi) is 9.22. The Hall–Kier alpha value is -2.59. The van der Waals surface area contributed by atoms with E-state index >= 15 is 0 Å². The summed E-state index contributed by atoms with van der Waals surface area (Å²) in [7, 11) is 1.74. The summed E-state index contributed by atoms with van der Waals surface area (Å²) in [4.78, 5) is 23.7.